The Hall–Kier alpha value is -3.94. The molecule has 0 saturated carbocycles. The number of fused-ring (bicyclic) bond motifs is 1. The van der Waals surface area contributed by atoms with Gasteiger partial charge in [0.05, 0.1) is 12.0 Å². The van der Waals surface area contributed by atoms with Crippen LogP contribution in [0.15, 0.2) is 59.4 Å². The van der Waals surface area contributed by atoms with Crippen molar-refractivity contribution >= 4 is 28.7 Å². The third-order valence-electron chi connectivity index (χ3n) is 4.44. The number of ether oxygens (including phenoxy) is 1. The Morgan fingerprint density at radius 1 is 1.03 bits per heavy atom. The highest BCUT2D eigenvalue weighted by Gasteiger charge is 2.16. The molecule has 0 aliphatic rings. The lowest BCUT2D eigenvalue weighted by molar-refractivity contribution is -0.117. The summed E-state index contributed by atoms with van der Waals surface area (Å²) in [5, 5.41) is 5.02. The minimum atomic E-state index is -0.608. The van der Waals surface area contributed by atoms with Crippen molar-refractivity contribution in [2.45, 2.75) is 26.8 Å². The van der Waals surface area contributed by atoms with Crippen molar-refractivity contribution < 1.29 is 14.3 Å². The summed E-state index contributed by atoms with van der Waals surface area (Å²) in [6.07, 6.45) is 3.62. The van der Waals surface area contributed by atoms with Crippen LogP contribution in [0, 0.1) is 0 Å². The van der Waals surface area contributed by atoms with Crippen molar-refractivity contribution in [1.82, 2.24) is 20.6 Å². The van der Waals surface area contributed by atoms with Crippen LogP contribution in [0.5, 0.6) is 5.75 Å². The van der Waals surface area contributed by atoms with E-state index in [0.29, 0.717) is 30.3 Å². The molecule has 1 heterocycles. The summed E-state index contributed by atoms with van der Waals surface area (Å²) in [5.74, 6) is -0.363. The first-order chi connectivity index (χ1) is 15.0. The van der Waals surface area contributed by atoms with Gasteiger partial charge in [-0.25, -0.2) is 4.68 Å². The van der Waals surface area contributed by atoms with Crippen LogP contribution in [0.25, 0.3) is 16.8 Å². The number of hydrogen-bond acceptors (Lipinski definition) is 5. The number of aromatic nitrogens is 2. The number of nitrogens with one attached hydrogen (secondary N) is 2. The lowest BCUT2D eigenvalue weighted by Gasteiger charge is -2.10. The SMILES string of the molecule is CCCn1nc(C(=O)NNC(=O)/C=C/c2ccc(OCC)cc2)c2ccccc2c1=O. The van der Waals surface area contributed by atoms with Gasteiger partial charge < -0.3 is 4.74 Å². The molecule has 2 aromatic carbocycles. The number of nitrogens with zero attached hydrogens (tertiary/aromatic N) is 2. The standard InChI is InChI=1S/C23H24N4O4/c1-3-15-27-23(30)19-8-6-5-7-18(19)21(26-27)22(29)25-24-20(28)14-11-16-9-12-17(13-10-16)31-4-2/h5-14H,3-4,15H2,1-2H3,(H,24,28)(H,25,29)/b14-11+. The molecule has 1 aromatic heterocycles. The van der Waals surface area contributed by atoms with Gasteiger partial charge in [-0.05, 0) is 43.2 Å². The molecule has 2 amide bonds. The van der Waals surface area contributed by atoms with Gasteiger partial charge in [-0.2, -0.15) is 5.10 Å². The number of hydrogen-bond donors (Lipinski definition) is 2. The van der Waals surface area contributed by atoms with Crippen LogP contribution in [0.1, 0.15) is 36.3 Å². The summed E-state index contributed by atoms with van der Waals surface area (Å²) in [6.45, 7) is 4.79. The van der Waals surface area contributed by atoms with E-state index in [9.17, 15) is 14.4 Å². The molecular formula is C23H24N4O4. The van der Waals surface area contributed by atoms with Crippen LogP contribution in [-0.4, -0.2) is 28.2 Å². The lowest BCUT2D eigenvalue weighted by Crippen LogP contribution is -2.42. The number of carbonyl (C=O) groups excluding carboxylic acids is 2. The van der Waals surface area contributed by atoms with Crippen molar-refractivity contribution in [3.8, 4) is 5.75 Å². The van der Waals surface area contributed by atoms with E-state index in [1.165, 1.54) is 10.8 Å². The molecule has 0 atom stereocenters. The molecule has 0 bridgehead atoms. The molecule has 0 aliphatic carbocycles. The summed E-state index contributed by atoms with van der Waals surface area (Å²) in [4.78, 5) is 37.3. The van der Waals surface area contributed by atoms with Crippen molar-refractivity contribution in [1.29, 1.82) is 0 Å². The fourth-order valence-corrected chi connectivity index (χ4v) is 3.00. The zero-order valence-corrected chi connectivity index (χ0v) is 17.4. The Morgan fingerprint density at radius 3 is 2.42 bits per heavy atom. The van der Waals surface area contributed by atoms with Crippen LogP contribution in [0.2, 0.25) is 0 Å². The molecular weight excluding hydrogens is 396 g/mol. The van der Waals surface area contributed by atoms with Crippen molar-refractivity contribution in [3.63, 3.8) is 0 Å². The number of hydrazine groups is 1. The molecule has 0 fully saturated rings. The Labute approximate surface area is 179 Å². The van der Waals surface area contributed by atoms with Gasteiger partial charge in [0.25, 0.3) is 17.4 Å². The summed E-state index contributed by atoms with van der Waals surface area (Å²) in [5.41, 5.74) is 5.32. The van der Waals surface area contributed by atoms with E-state index in [0.717, 1.165) is 11.3 Å². The predicted octanol–water partition coefficient (Wildman–Crippen LogP) is 2.68. The van der Waals surface area contributed by atoms with E-state index in [-0.39, 0.29) is 11.3 Å². The second-order valence-electron chi connectivity index (χ2n) is 6.70. The van der Waals surface area contributed by atoms with E-state index in [2.05, 4.69) is 16.0 Å². The highest BCUT2D eigenvalue weighted by Crippen LogP contribution is 2.14. The second-order valence-corrected chi connectivity index (χ2v) is 6.70. The lowest BCUT2D eigenvalue weighted by atomic mass is 10.1. The first kappa shape index (κ1) is 21.8. The summed E-state index contributed by atoms with van der Waals surface area (Å²) in [6, 6.07) is 14.0. The fourth-order valence-electron chi connectivity index (χ4n) is 3.00. The van der Waals surface area contributed by atoms with Gasteiger partial charge in [0.2, 0.25) is 0 Å². The Balaban J connectivity index is 1.70. The van der Waals surface area contributed by atoms with E-state index in [1.54, 1.807) is 30.3 Å². The molecule has 2 N–H and O–H groups in total. The van der Waals surface area contributed by atoms with E-state index < -0.39 is 11.8 Å². The van der Waals surface area contributed by atoms with Crippen molar-refractivity contribution in [3.05, 3.63) is 76.2 Å². The largest absolute Gasteiger partial charge is 0.494 e. The number of amides is 2. The van der Waals surface area contributed by atoms with Crippen molar-refractivity contribution in [2.75, 3.05) is 6.61 Å². The van der Waals surface area contributed by atoms with Gasteiger partial charge in [-0.15, -0.1) is 0 Å². The van der Waals surface area contributed by atoms with Gasteiger partial charge in [0, 0.05) is 18.0 Å². The normalized spacial score (nSPS) is 10.9. The summed E-state index contributed by atoms with van der Waals surface area (Å²) >= 11 is 0. The first-order valence-corrected chi connectivity index (χ1v) is 10.0. The molecule has 3 aromatic rings. The Bertz CT molecular complexity index is 1170. The number of benzene rings is 2. The smallest absolute Gasteiger partial charge is 0.290 e. The van der Waals surface area contributed by atoms with Crippen LogP contribution < -0.4 is 21.1 Å². The quantitative estimate of drug-likeness (QED) is 0.452. The van der Waals surface area contributed by atoms with Crippen LogP contribution in [0.3, 0.4) is 0 Å². The van der Waals surface area contributed by atoms with E-state index >= 15 is 0 Å². The molecule has 0 saturated heterocycles. The third kappa shape index (κ3) is 5.36. The molecule has 160 valence electrons. The molecule has 0 radical (unpaired) electrons. The second kappa shape index (κ2) is 10.2. The summed E-state index contributed by atoms with van der Waals surface area (Å²) in [7, 11) is 0. The zero-order valence-electron chi connectivity index (χ0n) is 17.4. The first-order valence-electron chi connectivity index (χ1n) is 10.0. The Morgan fingerprint density at radius 2 is 1.74 bits per heavy atom. The van der Waals surface area contributed by atoms with Gasteiger partial charge in [-0.1, -0.05) is 37.3 Å². The molecule has 8 heteroatoms. The minimum Gasteiger partial charge on any atom is -0.494 e. The summed E-state index contributed by atoms with van der Waals surface area (Å²) < 4.78 is 6.65. The average Bonchev–Trinajstić information content (AvgIpc) is 2.79. The van der Waals surface area contributed by atoms with Crippen LogP contribution in [-0.2, 0) is 11.3 Å². The molecule has 3 rings (SSSR count). The minimum absolute atomic E-state index is 0.0689. The third-order valence-corrected chi connectivity index (χ3v) is 4.44. The highest BCUT2D eigenvalue weighted by molar-refractivity contribution is 6.05. The molecule has 0 unspecified atom stereocenters. The predicted molar refractivity (Wildman–Crippen MR) is 119 cm³/mol. The number of aryl methyl sites for hydroxylation is 1. The maximum absolute atomic E-state index is 12.7. The van der Waals surface area contributed by atoms with E-state index in [4.69, 9.17) is 4.74 Å². The maximum Gasteiger partial charge on any atom is 0.290 e. The molecule has 31 heavy (non-hydrogen) atoms. The maximum atomic E-state index is 12.7. The van der Waals surface area contributed by atoms with Gasteiger partial charge in [0.15, 0.2) is 5.69 Å². The van der Waals surface area contributed by atoms with Crippen molar-refractivity contribution in [2.24, 2.45) is 0 Å². The monoisotopic (exact) mass is 420 g/mol. The molecule has 0 spiro atoms. The van der Waals surface area contributed by atoms with Gasteiger partial charge in [-0.3, -0.25) is 25.2 Å². The van der Waals surface area contributed by atoms with Crippen LogP contribution >= 0.6 is 0 Å². The highest BCUT2D eigenvalue weighted by atomic mass is 16.5. The van der Waals surface area contributed by atoms with Crippen LogP contribution in [0.4, 0.5) is 0 Å². The molecule has 8 nitrogen and oxygen atoms in total. The number of carbonyl (C=O) groups is 2. The zero-order chi connectivity index (χ0) is 22.2. The number of rotatable bonds is 7. The molecule has 0 aliphatic heterocycles. The van der Waals surface area contributed by atoms with E-state index in [1.807, 2.05) is 38.1 Å². The Kier molecular flexibility index (Phi) is 7.16. The van der Waals surface area contributed by atoms with Gasteiger partial charge in [0.1, 0.15) is 5.75 Å². The average molecular weight is 420 g/mol. The topological polar surface area (TPSA) is 102 Å². The van der Waals surface area contributed by atoms with Gasteiger partial charge >= 0.3 is 0 Å². The fraction of sp³-hybridized carbons (Fsp3) is 0.217.